The Bertz CT molecular complexity index is 743. The summed E-state index contributed by atoms with van der Waals surface area (Å²) in [5.74, 6) is 0. The fourth-order valence-electron chi connectivity index (χ4n) is 2.13. The summed E-state index contributed by atoms with van der Waals surface area (Å²) in [6.45, 7) is 4.87. The highest BCUT2D eigenvalue weighted by atomic mass is 15.5. The third-order valence-corrected chi connectivity index (χ3v) is 3.64. The van der Waals surface area contributed by atoms with E-state index in [1.165, 1.54) is 11.1 Å². The normalized spacial score (nSPS) is 10.8. The van der Waals surface area contributed by atoms with Crippen LogP contribution in [0.25, 0.3) is 5.69 Å². The summed E-state index contributed by atoms with van der Waals surface area (Å²) in [4.78, 5) is 0. The predicted octanol–water partition coefficient (Wildman–Crippen LogP) is 1.62. The standard InChI is InChI=1S/C14H17N7/c1-10-4-5-13(21-9-16-18-19-21)6-14(10)15-7-12-8-17-20(3)11(12)2/h4-6,8-9,15H,7H2,1-3H3. The summed E-state index contributed by atoms with van der Waals surface area (Å²) in [6, 6.07) is 6.08. The number of nitrogens with zero attached hydrogens (tertiary/aromatic N) is 6. The van der Waals surface area contributed by atoms with Crippen LogP contribution in [0.15, 0.2) is 30.7 Å². The number of hydrogen-bond acceptors (Lipinski definition) is 5. The Morgan fingerprint density at radius 3 is 2.76 bits per heavy atom. The zero-order chi connectivity index (χ0) is 14.8. The molecule has 0 saturated heterocycles. The molecule has 0 aliphatic heterocycles. The fraction of sp³-hybridized carbons (Fsp3) is 0.286. The van der Waals surface area contributed by atoms with Gasteiger partial charge in [0.2, 0.25) is 0 Å². The van der Waals surface area contributed by atoms with E-state index in [4.69, 9.17) is 0 Å². The smallest absolute Gasteiger partial charge is 0.143 e. The Kier molecular flexibility index (Phi) is 3.39. The van der Waals surface area contributed by atoms with Gasteiger partial charge < -0.3 is 5.32 Å². The van der Waals surface area contributed by atoms with Gasteiger partial charge >= 0.3 is 0 Å². The van der Waals surface area contributed by atoms with Gasteiger partial charge in [0, 0.05) is 30.5 Å². The first-order chi connectivity index (χ1) is 10.1. The Labute approximate surface area is 122 Å². The Morgan fingerprint density at radius 1 is 1.24 bits per heavy atom. The van der Waals surface area contributed by atoms with Crippen molar-refractivity contribution >= 4 is 5.69 Å². The van der Waals surface area contributed by atoms with Crippen LogP contribution in [-0.2, 0) is 13.6 Å². The Hall–Kier alpha value is -2.70. The van der Waals surface area contributed by atoms with Crippen LogP contribution in [-0.4, -0.2) is 30.0 Å². The van der Waals surface area contributed by atoms with Gasteiger partial charge in [0.1, 0.15) is 6.33 Å². The highest BCUT2D eigenvalue weighted by Gasteiger charge is 2.06. The van der Waals surface area contributed by atoms with Crippen molar-refractivity contribution in [3.8, 4) is 5.69 Å². The Balaban J connectivity index is 1.82. The number of hydrogen-bond donors (Lipinski definition) is 1. The lowest BCUT2D eigenvalue weighted by atomic mass is 10.1. The summed E-state index contributed by atoms with van der Waals surface area (Å²) in [7, 11) is 1.95. The number of rotatable bonds is 4. The van der Waals surface area contributed by atoms with E-state index in [9.17, 15) is 0 Å². The summed E-state index contributed by atoms with van der Waals surface area (Å²) in [5, 5.41) is 18.9. The van der Waals surface area contributed by atoms with Crippen LogP contribution in [0, 0.1) is 13.8 Å². The fourth-order valence-corrected chi connectivity index (χ4v) is 2.13. The van der Waals surface area contributed by atoms with Crippen LogP contribution < -0.4 is 5.32 Å². The van der Waals surface area contributed by atoms with Crippen molar-refractivity contribution in [3.05, 3.63) is 47.5 Å². The molecule has 1 aromatic carbocycles. The monoisotopic (exact) mass is 283 g/mol. The van der Waals surface area contributed by atoms with Gasteiger partial charge in [-0.15, -0.1) is 5.10 Å². The number of nitrogens with one attached hydrogen (secondary N) is 1. The first-order valence-electron chi connectivity index (χ1n) is 6.70. The van der Waals surface area contributed by atoms with Crippen molar-refractivity contribution in [1.82, 2.24) is 30.0 Å². The minimum atomic E-state index is 0.736. The molecular formula is C14H17N7. The number of tetrazole rings is 1. The number of aromatic nitrogens is 6. The third kappa shape index (κ3) is 2.62. The summed E-state index contributed by atoms with van der Waals surface area (Å²) in [6.07, 6.45) is 3.47. The zero-order valence-corrected chi connectivity index (χ0v) is 12.3. The number of aryl methyl sites for hydroxylation is 2. The molecule has 0 fully saturated rings. The summed E-state index contributed by atoms with van der Waals surface area (Å²) in [5.41, 5.74) is 5.51. The van der Waals surface area contributed by atoms with Crippen LogP contribution in [0.4, 0.5) is 5.69 Å². The van der Waals surface area contributed by atoms with E-state index < -0.39 is 0 Å². The average molecular weight is 283 g/mol. The summed E-state index contributed by atoms with van der Waals surface area (Å²) >= 11 is 0. The van der Waals surface area contributed by atoms with E-state index in [1.807, 2.05) is 30.1 Å². The molecule has 0 aliphatic rings. The number of benzene rings is 1. The largest absolute Gasteiger partial charge is 0.381 e. The maximum absolute atomic E-state index is 4.26. The minimum absolute atomic E-state index is 0.736. The van der Waals surface area contributed by atoms with Gasteiger partial charge in [-0.25, -0.2) is 4.68 Å². The molecule has 0 unspecified atom stereocenters. The van der Waals surface area contributed by atoms with Gasteiger partial charge in [0.05, 0.1) is 11.9 Å². The zero-order valence-electron chi connectivity index (χ0n) is 12.3. The van der Waals surface area contributed by atoms with Crippen molar-refractivity contribution in [2.75, 3.05) is 5.32 Å². The van der Waals surface area contributed by atoms with Gasteiger partial charge in [-0.3, -0.25) is 4.68 Å². The molecule has 0 bridgehead atoms. The second-order valence-corrected chi connectivity index (χ2v) is 4.99. The van der Waals surface area contributed by atoms with Crippen LogP contribution in [0.5, 0.6) is 0 Å². The first kappa shape index (κ1) is 13.3. The number of anilines is 1. The SMILES string of the molecule is Cc1ccc(-n2cnnn2)cc1NCc1cnn(C)c1C. The van der Waals surface area contributed by atoms with E-state index in [0.29, 0.717) is 0 Å². The first-order valence-corrected chi connectivity index (χ1v) is 6.70. The molecule has 3 rings (SSSR count). The molecular weight excluding hydrogens is 266 g/mol. The molecule has 1 N–H and O–H groups in total. The van der Waals surface area contributed by atoms with Crippen molar-refractivity contribution in [3.63, 3.8) is 0 Å². The highest BCUT2D eigenvalue weighted by molar-refractivity contribution is 5.56. The van der Waals surface area contributed by atoms with Crippen molar-refractivity contribution in [2.45, 2.75) is 20.4 Å². The molecule has 0 atom stereocenters. The third-order valence-electron chi connectivity index (χ3n) is 3.64. The van der Waals surface area contributed by atoms with Crippen molar-refractivity contribution < 1.29 is 0 Å². The molecule has 21 heavy (non-hydrogen) atoms. The molecule has 0 spiro atoms. The van der Waals surface area contributed by atoms with Crippen molar-refractivity contribution in [2.24, 2.45) is 7.05 Å². The topological polar surface area (TPSA) is 73.5 Å². The quantitative estimate of drug-likeness (QED) is 0.787. The van der Waals surface area contributed by atoms with E-state index in [1.54, 1.807) is 11.0 Å². The van der Waals surface area contributed by atoms with Gasteiger partial charge in [-0.1, -0.05) is 6.07 Å². The van der Waals surface area contributed by atoms with E-state index in [0.717, 1.165) is 23.6 Å². The lowest BCUT2D eigenvalue weighted by molar-refractivity contribution is 0.738. The van der Waals surface area contributed by atoms with Crippen LogP contribution in [0.1, 0.15) is 16.8 Å². The van der Waals surface area contributed by atoms with Crippen LogP contribution in [0.2, 0.25) is 0 Å². The molecule has 108 valence electrons. The second-order valence-electron chi connectivity index (χ2n) is 4.99. The van der Waals surface area contributed by atoms with Crippen LogP contribution in [0.3, 0.4) is 0 Å². The molecule has 7 heteroatoms. The molecule has 0 saturated carbocycles. The van der Waals surface area contributed by atoms with Crippen molar-refractivity contribution in [1.29, 1.82) is 0 Å². The van der Waals surface area contributed by atoms with Gasteiger partial charge in [-0.2, -0.15) is 5.10 Å². The molecule has 2 aromatic heterocycles. The van der Waals surface area contributed by atoms with E-state index in [2.05, 4.69) is 45.9 Å². The molecule has 0 radical (unpaired) electrons. The average Bonchev–Trinajstić information content (AvgIpc) is 3.11. The van der Waals surface area contributed by atoms with Gasteiger partial charge in [0.15, 0.2) is 0 Å². The van der Waals surface area contributed by atoms with E-state index in [-0.39, 0.29) is 0 Å². The molecule has 0 aliphatic carbocycles. The highest BCUT2D eigenvalue weighted by Crippen LogP contribution is 2.20. The maximum atomic E-state index is 4.26. The molecule has 3 aromatic rings. The molecule has 0 amide bonds. The van der Waals surface area contributed by atoms with E-state index >= 15 is 0 Å². The second kappa shape index (κ2) is 5.35. The lowest BCUT2D eigenvalue weighted by Crippen LogP contribution is -2.04. The van der Waals surface area contributed by atoms with Crippen LogP contribution >= 0.6 is 0 Å². The van der Waals surface area contributed by atoms with Gasteiger partial charge in [-0.05, 0) is 42.0 Å². The lowest BCUT2D eigenvalue weighted by Gasteiger charge is -2.11. The predicted molar refractivity (Wildman–Crippen MR) is 79.2 cm³/mol. The minimum Gasteiger partial charge on any atom is -0.381 e. The van der Waals surface area contributed by atoms with Gasteiger partial charge in [0.25, 0.3) is 0 Å². The molecule has 7 nitrogen and oxygen atoms in total. The molecule has 2 heterocycles. The maximum Gasteiger partial charge on any atom is 0.143 e. The Morgan fingerprint density at radius 2 is 2.10 bits per heavy atom. The summed E-state index contributed by atoms with van der Waals surface area (Å²) < 4.78 is 3.52.